The number of benzene rings is 1. The van der Waals surface area contributed by atoms with E-state index in [-0.39, 0.29) is 5.69 Å². The van der Waals surface area contributed by atoms with Gasteiger partial charge in [0.2, 0.25) is 0 Å². The van der Waals surface area contributed by atoms with Crippen molar-refractivity contribution in [2.24, 2.45) is 0 Å². The van der Waals surface area contributed by atoms with Crippen LogP contribution in [0.1, 0.15) is 5.56 Å². The van der Waals surface area contributed by atoms with Crippen molar-refractivity contribution >= 4 is 5.69 Å². The van der Waals surface area contributed by atoms with Gasteiger partial charge in [-0.1, -0.05) is 0 Å². The largest absolute Gasteiger partial charge is 0.486 e. The van der Waals surface area contributed by atoms with E-state index in [4.69, 9.17) is 9.47 Å². The summed E-state index contributed by atoms with van der Waals surface area (Å²) in [6.45, 7) is 2.69. The van der Waals surface area contributed by atoms with Crippen molar-refractivity contribution < 1.29 is 14.4 Å². The van der Waals surface area contributed by atoms with Gasteiger partial charge >= 0.3 is 0 Å². The number of fused-ring (bicyclic) bond motifs is 1. The number of nitrogens with zero attached hydrogens (tertiary/aromatic N) is 1. The molecule has 74 valence electrons. The lowest BCUT2D eigenvalue weighted by Gasteiger charge is -2.19. The third-order valence-electron chi connectivity index (χ3n) is 2.02. The molecule has 5 nitrogen and oxygen atoms in total. The van der Waals surface area contributed by atoms with Gasteiger partial charge in [0, 0.05) is 11.6 Å². The van der Waals surface area contributed by atoms with Crippen LogP contribution in [-0.2, 0) is 0 Å². The Labute approximate surface area is 80.4 Å². The summed E-state index contributed by atoms with van der Waals surface area (Å²) in [5.41, 5.74) is 0.764. The van der Waals surface area contributed by atoms with E-state index in [2.05, 4.69) is 0 Å². The van der Waals surface area contributed by atoms with Gasteiger partial charge in [0.25, 0.3) is 5.69 Å². The van der Waals surface area contributed by atoms with Gasteiger partial charge in [-0.2, -0.15) is 0 Å². The van der Waals surface area contributed by atoms with Crippen LogP contribution in [0.2, 0.25) is 0 Å². The first-order chi connectivity index (χ1) is 6.68. The van der Waals surface area contributed by atoms with E-state index < -0.39 is 4.92 Å². The van der Waals surface area contributed by atoms with Gasteiger partial charge in [-0.15, -0.1) is 0 Å². The van der Waals surface area contributed by atoms with Gasteiger partial charge in [-0.05, 0) is 6.92 Å². The molecule has 14 heavy (non-hydrogen) atoms. The van der Waals surface area contributed by atoms with E-state index in [1.165, 1.54) is 12.1 Å². The van der Waals surface area contributed by atoms with E-state index in [0.29, 0.717) is 24.7 Å². The summed E-state index contributed by atoms with van der Waals surface area (Å²) >= 11 is 0. The predicted octanol–water partition coefficient (Wildman–Crippen LogP) is 1.67. The van der Waals surface area contributed by atoms with Crippen molar-refractivity contribution in [2.75, 3.05) is 13.2 Å². The van der Waals surface area contributed by atoms with Crippen LogP contribution in [0, 0.1) is 17.0 Å². The minimum atomic E-state index is -0.439. The van der Waals surface area contributed by atoms with Crippen LogP contribution >= 0.6 is 0 Å². The zero-order valence-electron chi connectivity index (χ0n) is 7.65. The molecule has 0 aliphatic carbocycles. The molecule has 0 fully saturated rings. The SMILES string of the molecule is Cc1cc([N+](=O)[O-])cc2c1OCCO2. The lowest BCUT2D eigenvalue weighted by Crippen LogP contribution is -2.16. The summed E-state index contributed by atoms with van der Waals surface area (Å²) in [6, 6.07) is 2.87. The minimum absolute atomic E-state index is 0.0340. The van der Waals surface area contributed by atoms with Crippen LogP contribution < -0.4 is 9.47 Å². The normalized spacial score (nSPS) is 13.8. The molecule has 0 unspecified atom stereocenters. The number of ether oxygens (including phenoxy) is 2. The zero-order chi connectivity index (χ0) is 10.1. The highest BCUT2D eigenvalue weighted by Gasteiger charge is 2.19. The zero-order valence-corrected chi connectivity index (χ0v) is 7.65. The van der Waals surface area contributed by atoms with Crippen molar-refractivity contribution in [2.45, 2.75) is 6.92 Å². The van der Waals surface area contributed by atoms with Crippen molar-refractivity contribution in [1.29, 1.82) is 0 Å². The fourth-order valence-electron chi connectivity index (χ4n) is 1.42. The lowest BCUT2D eigenvalue weighted by molar-refractivity contribution is -0.385. The molecular weight excluding hydrogens is 186 g/mol. The van der Waals surface area contributed by atoms with Crippen LogP contribution in [0.3, 0.4) is 0 Å². The van der Waals surface area contributed by atoms with E-state index in [9.17, 15) is 10.1 Å². The third-order valence-corrected chi connectivity index (χ3v) is 2.02. The summed E-state index contributed by atoms with van der Waals surface area (Å²) in [5, 5.41) is 10.5. The van der Waals surface area contributed by atoms with Crippen molar-refractivity contribution in [3.05, 3.63) is 27.8 Å². The molecule has 5 heteroatoms. The summed E-state index contributed by atoms with van der Waals surface area (Å²) in [7, 11) is 0. The molecule has 0 spiro atoms. The molecule has 1 aromatic carbocycles. The summed E-state index contributed by atoms with van der Waals surface area (Å²) in [5.74, 6) is 1.07. The number of nitro benzene ring substituents is 1. The minimum Gasteiger partial charge on any atom is -0.486 e. The molecular formula is C9H9NO4. The number of aryl methyl sites for hydroxylation is 1. The standard InChI is InChI=1S/C9H9NO4/c1-6-4-7(10(11)12)5-8-9(6)14-3-2-13-8/h4-5H,2-3H2,1H3. The van der Waals surface area contributed by atoms with Crippen LogP contribution in [0.5, 0.6) is 11.5 Å². The molecule has 2 rings (SSSR count). The molecule has 0 radical (unpaired) electrons. The maximum atomic E-state index is 10.5. The maximum absolute atomic E-state index is 10.5. The number of hydrogen-bond acceptors (Lipinski definition) is 4. The smallest absolute Gasteiger partial charge is 0.273 e. The molecule has 1 aromatic rings. The van der Waals surface area contributed by atoms with Gasteiger partial charge < -0.3 is 9.47 Å². The second-order valence-corrected chi connectivity index (χ2v) is 3.04. The van der Waals surface area contributed by atoms with Crippen molar-refractivity contribution in [3.8, 4) is 11.5 Å². The Morgan fingerprint density at radius 1 is 1.36 bits per heavy atom. The van der Waals surface area contributed by atoms with Crippen LogP contribution in [0.4, 0.5) is 5.69 Å². The molecule has 1 aliphatic rings. The number of non-ortho nitro benzene ring substituents is 1. The summed E-state index contributed by atoms with van der Waals surface area (Å²) < 4.78 is 10.6. The molecule has 0 saturated carbocycles. The van der Waals surface area contributed by atoms with Gasteiger partial charge in [-0.25, -0.2) is 0 Å². The average Bonchev–Trinajstić information content (AvgIpc) is 2.17. The first-order valence-corrected chi connectivity index (χ1v) is 4.23. The molecule has 1 heterocycles. The predicted molar refractivity (Wildman–Crippen MR) is 48.8 cm³/mol. The molecule has 1 aliphatic heterocycles. The highest BCUT2D eigenvalue weighted by molar-refractivity contribution is 5.54. The third kappa shape index (κ3) is 1.37. The Bertz CT molecular complexity index is 389. The fourth-order valence-corrected chi connectivity index (χ4v) is 1.42. The molecule has 0 N–H and O–H groups in total. The summed E-state index contributed by atoms with van der Waals surface area (Å²) in [4.78, 5) is 10.1. The van der Waals surface area contributed by atoms with Crippen molar-refractivity contribution in [3.63, 3.8) is 0 Å². The van der Waals surface area contributed by atoms with Crippen LogP contribution in [-0.4, -0.2) is 18.1 Å². The highest BCUT2D eigenvalue weighted by atomic mass is 16.6. The first kappa shape index (κ1) is 8.80. The Morgan fingerprint density at radius 3 is 2.79 bits per heavy atom. The molecule has 0 saturated heterocycles. The Kier molecular flexibility index (Phi) is 1.99. The highest BCUT2D eigenvalue weighted by Crippen LogP contribution is 2.36. The average molecular weight is 195 g/mol. The summed E-state index contributed by atoms with van der Waals surface area (Å²) in [6.07, 6.45) is 0. The van der Waals surface area contributed by atoms with Gasteiger partial charge in [0.05, 0.1) is 11.0 Å². The van der Waals surface area contributed by atoms with E-state index >= 15 is 0 Å². The van der Waals surface area contributed by atoms with Gasteiger partial charge in [-0.3, -0.25) is 10.1 Å². The van der Waals surface area contributed by atoms with Gasteiger partial charge in [0.1, 0.15) is 13.2 Å². The second-order valence-electron chi connectivity index (χ2n) is 3.04. The van der Waals surface area contributed by atoms with Gasteiger partial charge in [0.15, 0.2) is 11.5 Å². The molecule has 0 bridgehead atoms. The lowest BCUT2D eigenvalue weighted by atomic mass is 10.2. The Balaban J connectivity index is 2.51. The topological polar surface area (TPSA) is 61.6 Å². The van der Waals surface area contributed by atoms with E-state index in [1.54, 1.807) is 6.92 Å². The maximum Gasteiger partial charge on any atom is 0.273 e. The Morgan fingerprint density at radius 2 is 2.07 bits per heavy atom. The first-order valence-electron chi connectivity index (χ1n) is 4.23. The number of hydrogen-bond donors (Lipinski definition) is 0. The van der Waals surface area contributed by atoms with E-state index in [0.717, 1.165) is 5.56 Å². The quantitative estimate of drug-likeness (QED) is 0.505. The second kappa shape index (κ2) is 3.17. The number of rotatable bonds is 1. The van der Waals surface area contributed by atoms with Crippen molar-refractivity contribution in [1.82, 2.24) is 0 Å². The molecule has 0 amide bonds. The van der Waals surface area contributed by atoms with Crippen LogP contribution in [0.15, 0.2) is 12.1 Å². The number of nitro groups is 1. The molecule has 0 atom stereocenters. The van der Waals surface area contributed by atoms with E-state index in [1.807, 2.05) is 0 Å². The van der Waals surface area contributed by atoms with Crippen LogP contribution in [0.25, 0.3) is 0 Å². The molecule has 0 aromatic heterocycles. The Hall–Kier alpha value is -1.78. The monoisotopic (exact) mass is 195 g/mol. The fraction of sp³-hybridized carbons (Fsp3) is 0.333.